The number of ether oxygens (including phenoxy) is 1. The van der Waals surface area contributed by atoms with E-state index < -0.39 is 0 Å². The first kappa shape index (κ1) is 23.8. The van der Waals surface area contributed by atoms with Crippen LogP contribution in [0.25, 0.3) is 0 Å². The summed E-state index contributed by atoms with van der Waals surface area (Å²) in [7, 11) is 1.66. The predicted molar refractivity (Wildman–Crippen MR) is 132 cm³/mol. The lowest BCUT2D eigenvalue weighted by molar-refractivity contribution is -0.134. The summed E-state index contributed by atoms with van der Waals surface area (Å²) in [6.07, 6.45) is 5.94. The van der Waals surface area contributed by atoms with Gasteiger partial charge in [-0.05, 0) is 54.3 Å². The average molecular weight is 470 g/mol. The Kier molecular flexibility index (Phi) is 8.40. The first-order valence-electron chi connectivity index (χ1n) is 12.1. The van der Waals surface area contributed by atoms with Crippen LogP contribution in [0, 0.1) is 5.92 Å². The van der Waals surface area contributed by atoms with Crippen molar-refractivity contribution in [2.24, 2.45) is 5.92 Å². The standard InChI is InChI=1S/C26H35N3O3S/c1-32-22-10-8-20(9-11-22)12-13-27-26(31)25(21-5-2-3-6-21)29-16-14-28(15-17-29)24(30)19-23-7-4-18-33-23/h4,7-11,18,21,25H,2-3,5-6,12-17,19H2,1H3,(H,27,31). The molecule has 1 aliphatic heterocycles. The minimum atomic E-state index is -0.0853. The van der Waals surface area contributed by atoms with Gasteiger partial charge < -0.3 is 15.0 Å². The number of nitrogens with one attached hydrogen (secondary N) is 1. The maximum atomic E-state index is 13.3. The number of benzene rings is 1. The van der Waals surface area contributed by atoms with Crippen LogP contribution in [0.15, 0.2) is 41.8 Å². The molecule has 1 saturated carbocycles. The molecule has 2 aromatic rings. The number of rotatable bonds is 9. The molecule has 2 fully saturated rings. The van der Waals surface area contributed by atoms with Gasteiger partial charge in [-0.2, -0.15) is 0 Å². The van der Waals surface area contributed by atoms with Crippen LogP contribution in [0.2, 0.25) is 0 Å². The van der Waals surface area contributed by atoms with E-state index in [1.165, 1.54) is 18.4 Å². The molecule has 6 nitrogen and oxygen atoms in total. The molecule has 1 N–H and O–H groups in total. The van der Waals surface area contributed by atoms with E-state index in [2.05, 4.69) is 10.2 Å². The summed E-state index contributed by atoms with van der Waals surface area (Å²) >= 11 is 1.63. The largest absolute Gasteiger partial charge is 0.497 e. The molecule has 1 aliphatic carbocycles. The second-order valence-corrected chi connectivity index (χ2v) is 10.1. The van der Waals surface area contributed by atoms with Crippen molar-refractivity contribution in [1.82, 2.24) is 15.1 Å². The third kappa shape index (κ3) is 6.36. The maximum absolute atomic E-state index is 13.3. The van der Waals surface area contributed by atoms with Crippen molar-refractivity contribution >= 4 is 23.2 Å². The Hall–Kier alpha value is -2.38. The normalized spacial score (nSPS) is 18.3. The zero-order chi connectivity index (χ0) is 23.0. The van der Waals surface area contributed by atoms with Gasteiger partial charge in [0.1, 0.15) is 5.75 Å². The molecule has 4 rings (SSSR count). The van der Waals surface area contributed by atoms with E-state index in [9.17, 15) is 9.59 Å². The van der Waals surface area contributed by atoms with Gasteiger partial charge in [0.05, 0.1) is 19.6 Å². The highest BCUT2D eigenvalue weighted by molar-refractivity contribution is 7.10. The fourth-order valence-corrected chi connectivity index (χ4v) is 5.80. The van der Waals surface area contributed by atoms with E-state index in [4.69, 9.17) is 4.74 Å². The molecular weight excluding hydrogens is 434 g/mol. The van der Waals surface area contributed by atoms with Crippen molar-refractivity contribution in [2.45, 2.75) is 44.6 Å². The van der Waals surface area contributed by atoms with Gasteiger partial charge in [0, 0.05) is 37.6 Å². The van der Waals surface area contributed by atoms with E-state index in [1.807, 2.05) is 46.7 Å². The Labute approximate surface area is 200 Å². The molecule has 2 heterocycles. The lowest BCUT2D eigenvalue weighted by atomic mass is 9.95. The van der Waals surface area contributed by atoms with E-state index in [1.54, 1.807) is 18.4 Å². The van der Waals surface area contributed by atoms with Crippen LogP contribution in [0.3, 0.4) is 0 Å². The molecule has 7 heteroatoms. The van der Waals surface area contributed by atoms with E-state index in [0.29, 0.717) is 32.0 Å². The Morgan fingerprint density at radius 1 is 1.09 bits per heavy atom. The number of thiophene rings is 1. The summed E-state index contributed by atoms with van der Waals surface area (Å²) in [4.78, 5) is 31.4. The Bertz CT molecular complexity index is 886. The van der Waals surface area contributed by atoms with Crippen LogP contribution in [-0.2, 0) is 22.4 Å². The molecule has 2 amide bonds. The predicted octanol–water partition coefficient (Wildman–Crippen LogP) is 3.36. The minimum Gasteiger partial charge on any atom is -0.497 e. The molecular formula is C26H35N3O3S. The van der Waals surface area contributed by atoms with Crippen LogP contribution in [0.4, 0.5) is 0 Å². The van der Waals surface area contributed by atoms with Crippen molar-refractivity contribution in [3.05, 3.63) is 52.2 Å². The van der Waals surface area contributed by atoms with Crippen LogP contribution in [-0.4, -0.2) is 67.5 Å². The smallest absolute Gasteiger partial charge is 0.237 e. The highest BCUT2D eigenvalue weighted by Gasteiger charge is 2.37. The first-order valence-corrected chi connectivity index (χ1v) is 13.0. The van der Waals surface area contributed by atoms with Gasteiger partial charge in [-0.25, -0.2) is 0 Å². The molecule has 0 spiro atoms. The van der Waals surface area contributed by atoms with Crippen LogP contribution < -0.4 is 10.1 Å². The van der Waals surface area contributed by atoms with Crippen molar-refractivity contribution in [1.29, 1.82) is 0 Å². The van der Waals surface area contributed by atoms with E-state index in [0.717, 1.165) is 43.0 Å². The van der Waals surface area contributed by atoms with Gasteiger partial charge in [-0.15, -0.1) is 11.3 Å². The average Bonchev–Trinajstić information content (AvgIpc) is 3.55. The molecule has 2 aliphatic rings. The number of nitrogens with zero attached hydrogens (tertiary/aromatic N) is 2. The van der Waals surface area contributed by atoms with Gasteiger partial charge in [-0.3, -0.25) is 14.5 Å². The van der Waals surface area contributed by atoms with Crippen molar-refractivity contribution in [2.75, 3.05) is 39.8 Å². The van der Waals surface area contributed by atoms with E-state index in [-0.39, 0.29) is 17.9 Å². The molecule has 33 heavy (non-hydrogen) atoms. The molecule has 1 aromatic heterocycles. The first-order chi connectivity index (χ1) is 16.1. The fourth-order valence-electron chi connectivity index (χ4n) is 5.10. The molecule has 1 saturated heterocycles. The number of hydrogen-bond acceptors (Lipinski definition) is 5. The zero-order valence-electron chi connectivity index (χ0n) is 19.5. The summed E-state index contributed by atoms with van der Waals surface area (Å²) in [5.41, 5.74) is 1.19. The highest BCUT2D eigenvalue weighted by Crippen LogP contribution is 2.31. The molecule has 1 atom stereocenters. The topological polar surface area (TPSA) is 61.9 Å². The number of carbonyl (C=O) groups is 2. The second-order valence-electron chi connectivity index (χ2n) is 9.05. The zero-order valence-corrected chi connectivity index (χ0v) is 20.3. The van der Waals surface area contributed by atoms with Crippen LogP contribution in [0.1, 0.15) is 36.1 Å². The lowest BCUT2D eigenvalue weighted by Crippen LogP contribution is -2.58. The van der Waals surface area contributed by atoms with Gasteiger partial charge in [0.15, 0.2) is 0 Å². The number of hydrogen-bond donors (Lipinski definition) is 1. The monoisotopic (exact) mass is 469 g/mol. The third-order valence-electron chi connectivity index (χ3n) is 6.95. The number of methoxy groups -OCH3 is 1. The SMILES string of the molecule is COc1ccc(CCNC(=O)C(C2CCCC2)N2CCN(C(=O)Cc3cccs3)CC2)cc1. The summed E-state index contributed by atoms with van der Waals surface area (Å²) in [6.45, 7) is 3.57. The van der Waals surface area contributed by atoms with E-state index >= 15 is 0 Å². The number of amides is 2. The molecule has 0 radical (unpaired) electrons. The van der Waals surface area contributed by atoms with Crippen molar-refractivity contribution in [3.63, 3.8) is 0 Å². The highest BCUT2D eigenvalue weighted by atomic mass is 32.1. The quantitative estimate of drug-likeness (QED) is 0.612. The van der Waals surface area contributed by atoms with Crippen LogP contribution in [0.5, 0.6) is 5.75 Å². The van der Waals surface area contributed by atoms with Gasteiger partial charge >= 0.3 is 0 Å². The Morgan fingerprint density at radius 3 is 2.45 bits per heavy atom. The summed E-state index contributed by atoms with van der Waals surface area (Å²) in [6, 6.07) is 11.9. The summed E-state index contributed by atoms with van der Waals surface area (Å²) in [5, 5.41) is 5.22. The van der Waals surface area contributed by atoms with Crippen molar-refractivity contribution in [3.8, 4) is 5.75 Å². The second kappa shape index (κ2) is 11.7. The Balaban J connectivity index is 1.30. The molecule has 0 bridgehead atoms. The van der Waals surface area contributed by atoms with Gasteiger partial charge in [0.25, 0.3) is 0 Å². The lowest BCUT2D eigenvalue weighted by Gasteiger charge is -2.40. The minimum absolute atomic E-state index is 0.0853. The third-order valence-corrected chi connectivity index (χ3v) is 7.83. The summed E-state index contributed by atoms with van der Waals surface area (Å²) in [5.74, 6) is 1.60. The Morgan fingerprint density at radius 2 is 1.82 bits per heavy atom. The number of piperazine rings is 1. The van der Waals surface area contributed by atoms with Gasteiger partial charge in [0.2, 0.25) is 11.8 Å². The number of carbonyl (C=O) groups excluding carboxylic acids is 2. The maximum Gasteiger partial charge on any atom is 0.237 e. The van der Waals surface area contributed by atoms with Crippen molar-refractivity contribution < 1.29 is 14.3 Å². The molecule has 1 unspecified atom stereocenters. The van der Waals surface area contributed by atoms with Gasteiger partial charge in [-0.1, -0.05) is 31.0 Å². The fraction of sp³-hybridized carbons (Fsp3) is 0.538. The van der Waals surface area contributed by atoms with Crippen LogP contribution >= 0.6 is 11.3 Å². The molecule has 1 aromatic carbocycles. The summed E-state index contributed by atoms with van der Waals surface area (Å²) < 4.78 is 5.22. The molecule has 178 valence electrons.